The predicted octanol–water partition coefficient (Wildman–Crippen LogP) is 2.61. The quantitative estimate of drug-likeness (QED) is 0.759. The number of morpholine rings is 1. The minimum Gasteiger partial charge on any atom is -0.366 e. The van der Waals surface area contributed by atoms with Crippen molar-refractivity contribution in [2.24, 2.45) is 0 Å². The van der Waals surface area contributed by atoms with Crippen LogP contribution >= 0.6 is 12.4 Å². The van der Waals surface area contributed by atoms with E-state index in [4.69, 9.17) is 4.74 Å². The van der Waals surface area contributed by atoms with Crippen molar-refractivity contribution in [2.45, 2.75) is 12.5 Å². The van der Waals surface area contributed by atoms with Crippen molar-refractivity contribution in [3.63, 3.8) is 0 Å². The van der Waals surface area contributed by atoms with E-state index in [2.05, 4.69) is 47.0 Å². The molecular formula is C18H19ClN2O2. The van der Waals surface area contributed by atoms with E-state index in [0.29, 0.717) is 13.2 Å². The monoisotopic (exact) mass is 330 g/mol. The number of carbonyl (C=O) groups excluding carboxylic acids is 1. The molecule has 0 spiro atoms. The first-order valence-electron chi connectivity index (χ1n) is 7.66. The van der Waals surface area contributed by atoms with Gasteiger partial charge in [0, 0.05) is 18.8 Å². The zero-order chi connectivity index (χ0) is 14.9. The smallest absolute Gasteiger partial charge is 0.254 e. The van der Waals surface area contributed by atoms with Gasteiger partial charge in [0.05, 0.1) is 6.61 Å². The molecule has 120 valence electrons. The largest absolute Gasteiger partial charge is 0.366 e. The lowest BCUT2D eigenvalue weighted by Gasteiger charge is -2.22. The van der Waals surface area contributed by atoms with E-state index < -0.39 is 6.10 Å². The van der Waals surface area contributed by atoms with Crippen molar-refractivity contribution in [1.82, 2.24) is 5.32 Å². The summed E-state index contributed by atoms with van der Waals surface area (Å²) in [6, 6.07) is 14.6. The lowest BCUT2D eigenvalue weighted by atomic mass is 10.1. The fourth-order valence-electron chi connectivity index (χ4n) is 3.18. The van der Waals surface area contributed by atoms with Crippen molar-refractivity contribution in [3.8, 4) is 11.1 Å². The Kier molecular flexibility index (Phi) is 4.66. The normalized spacial score (nSPS) is 18.5. The van der Waals surface area contributed by atoms with Gasteiger partial charge < -0.3 is 15.4 Å². The summed E-state index contributed by atoms with van der Waals surface area (Å²) in [4.78, 5) is 12.2. The number of carbonyl (C=O) groups is 1. The first kappa shape index (κ1) is 16.0. The molecule has 0 radical (unpaired) electrons. The number of fused-ring (bicyclic) bond motifs is 3. The summed E-state index contributed by atoms with van der Waals surface area (Å²) in [5.41, 5.74) is 6.02. The van der Waals surface area contributed by atoms with Crippen LogP contribution in [0.5, 0.6) is 0 Å². The van der Waals surface area contributed by atoms with Crippen molar-refractivity contribution < 1.29 is 9.53 Å². The van der Waals surface area contributed by atoms with Crippen LogP contribution in [0.1, 0.15) is 11.1 Å². The Hall–Kier alpha value is -1.88. The number of ether oxygens (including phenoxy) is 1. The van der Waals surface area contributed by atoms with Gasteiger partial charge in [-0.15, -0.1) is 12.4 Å². The summed E-state index contributed by atoms with van der Waals surface area (Å²) < 4.78 is 5.48. The molecular weight excluding hydrogens is 312 g/mol. The van der Waals surface area contributed by atoms with Crippen LogP contribution in [-0.2, 0) is 16.0 Å². The maximum atomic E-state index is 12.2. The zero-order valence-corrected chi connectivity index (χ0v) is 13.5. The molecule has 1 amide bonds. The molecule has 2 aliphatic rings. The number of amides is 1. The van der Waals surface area contributed by atoms with Crippen molar-refractivity contribution in [2.75, 3.05) is 25.0 Å². The molecule has 2 aromatic carbocycles. The van der Waals surface area contributed by atoms with E-state index in [1.807, 2.05) is 6.07 Å². The maximum absolute atomic E-state index is 12.2. The molecule has 0 saturated carbocycles. The van der Waals surface area contributed by atoms with Crippen molar-refractivity contribution >= 4 is 24.0 Å². The second kappa shape index (κ2) is 6.71. The molecule has 1 unspecified atom stereocenters. The van der Waals surface area contributed by atoms with Crippen LogP contribution in [-0.4, -0.2) is 31.7 Å². The third-order valence-corrected chi connectivity index (χ3v) is 4.28. The Bertz CT molecular complexity index is 727. The minimum absolute atomic E-state index is 0. The van der Waals surface area contributed by atoms with Crippen molar-refractivity contribution in [1.29, 1.82) is 0 Å². The molecule has 1 fully saturated rings. The number of halogens is 1. The molecule has 0 bridgehead atoms. The van der Waals surface area contributed by atoms with Crippen LogP contribution in [0.3, 0.4) is 0 Å². The predicted molar refractivity (Wildman–Crippen MR) is 93.2 cm³/mol. The topological polar surface area (TPSA) is 50.4 Å². The summed E-state index contributed by atoms with van der Waals surface area (Å²) in [5.74, 6) is -0.0809. The van der Waals surface area contributed by atoms with Gasteiger partial charge >= 0.3 is 0 Å². The molecule has 1 heterocycles. The van der Waals surface area contributed by atoms with E-state index in [-0.39, 0.29) is 18.3 Å². The molecule has 5 heteroatoms. The highest BCUT2D eigenvalue weighted by molar-refractivity contribution is 5.95. The average molecular weight is 331 g/mol. The molecule has 1 atom stereocenters. The molecule has 4 rings (SSSR count). The Morgan fingerprint density at radius 3 is 2.78 bits per heavy atom. The highest BCUT2D eigenvalue weighted by atomic mass is 35.5. The zero-order valence-electron chi connectivity index (χ0n) is 12.7. The Morgan fingerprint density at radius 1 is 1.13 bits per heavy atom. The van der Waals surface area contributed by atoms with E-state index in [1.54, 1.807) is 0 Å². The molecule has 4 nitrogen and oxygen atoms in total. The molecule has 1 aliphatic heterocycles. The Labute approximate surface area is 141 Å². The summed E-state index contributed by atoms with van der Waals surface area (Å²) in [5, 5.41) is 6.13. The third kappa shape index (κ3) is 3.11. The van der Waals surface area contributed by atoms with Crippen LogP contribution in [0.25, 0.3) is 11.1 Å². The number of nitrogens with one attached hydrogen (secondary N) is 2. The summed E-state index contributed by atoms with van der Waals surface area (Å²) >= 11 is 0. The van der Waals surface area contributed by atoms with Gasteiger partial charge in [0.25, 0.3) is 5.91 Å². The fraction of sp³-hybridized carbons (Fsp3) is 0.278. The summed E-state index contributed by atoms with van der Waals surface area (Å²) in [6.45, 7) is 1.96. The van der Waals surface area contributed by atoms with Gasteiger partial charge in [-0.25, -0.2) is 0 Å². The van der Waals surface area contributed by atoms with Gasteiger partial charge in [0.1, 0.15) is 6.10 Å². The fourth-order valence-corrected chi connectivity index (χ4v) is 3.18. The number of anilines is 1. The van der Waals surface area contributed by atoms with Crippen LogP contribution < -0.4 is 10.6 Å². The highest BCUT2D eigenvalue weighted by Crippen LogP contribution is 2.37. The number of hydrogen-bond donors (Lipinski definition) is 2. The third-order valence-electron chi connectivity index (χ3n) is 4.28. The van der Waals surface area contributed by atoms with Crippen LogP contribution in [0.2, 0.25) is 0 Å². The first-order valence-corrected chi connectivity index (χ1v) is 7.66. The second-order valence-corrected chi connectivity index (χ2v) is 5.76. The van der Waals surface area contributed by atoms with Crippen LogP contribution in [0.4, 0.5) is 5.69 Å². The minimum atomic E-state index is -0.404. The highest BCUT2D eigenvalue weighted by Gasteiger charge is 2.23. The van der Waals surface area contributed by atoms with E-state index in [9.17, 15) is 4.79 Å². The molecule has 23 heavy (non-hydrogen) atoms. The van der Waals surface area contributed by atoms with Gasteiger partial charge in [-0.3, -0.25) is 4.79 Å². The van der Waals surface area contributed by atoms with Crippen LogP contribution in [0.15, 0.2) is 42.5 Å². The summed E-state index contributed by atoms with van der Waals surface area (Å²) in [6.07, 6.45) is 0.524. The molecule has 2 N–H and O–H groups in total. The van der Waals surface area contributed by atoms with E-state index in [0.717, 1.165) is 18.7 Å². The first-order chi connectivity index (χ1) is 10.8. The molecule has 0 aromatic heterocycles. The van der Waals surface area contributed by atoms with Gasteiger partial charge in [-0.1, -0.05) is 30.3 Å². The van der Waals surface area contributed by atoms with Gasteiger partial charge in [0.15, 0.2) is 0 Å². The lowest BCUT2D eigenvalue weighted by molar-refractivity contribution is -0.128. The SMILES string of the molecule is Cl.O=C(Nc1ccc2c(c1)Cc1ccccc1-2)C1CNCCO1. The lowest BCUT2D eigenvalue weighted by Crippen LogP contribution is -2.45. The van der Waals surface area contributed by atoms with E-state index >= 15 is 0 Å². The molecule has 2 aromatic rings. The number of hydrogen-bond acceptors (Lipinski definition) is 3. The van der Waals surface area contributed by atoms with Crippen molar-refractivity contribution in [3.05, 3.63) is 53.6 Å². The summed E-state index contributed by atoms with van der Waals surface area (Å²) in [7, 11) is 0. The number of rotatable bonds is 2. The Balaban J connectivity index is 0.00000156. The average Bonchev–Trinajstić information content (AvgIpc) is 2.93. The molecule has 1 aliphatic carbocycles. The maximum Gasteiger partial charge on any atom is 0.254 e. The van der Waals surface area contributed by atoms with Gasteiger partial charge in [-0.05, 0) is 40.8 Å². The van der Waals surface area contributed by atoms with Gasteiger partial charge in [0.2, 0.25) is 0 Å². The van der Waals surface area contributed by atoms with Crippen LogP contribution in [0, 0.1) is 0 Å². The number of benzene rings is 2. The van der Waals surface area contributed by atoms with E-state index in [1.165, 1.54) is 22.3 Å². The standard InChI is InChI=1S/C18H18N2O2.ClH/c21-18(17-11-19-7-8-22-17)20-14-5-6-16-13(10-14)9-12-3-1-2-4-15(12)16;/h1-6,10,17,19H,7-9,11H2,(H,20,21);1H. The Morgan fingerprint density at radius 2 is 1.96 bits per heavy atom. The molecule has 1 saturated heterocycles. The second-order valence-electron chi connectivity index (χ2n) is 5.76. The van der Waals surface area contributed by atoms with Gasteiger partial charge in [-0.2, -0.15) is 0 Å².